The lowest BCUT2D eigenvalue weighted by atomic mass is 10.0. The van der Waals surface area contributed by atoms with Crippen LogP contribution in [0.2, 0.25) is 0 Å². The van der Waals surface area contributed by atoms with Gasteiger partial charge >= 0.3 is 5.97 Å². The molecule has 3 nitrogen and oxygen atoms in total. The van der Waals surface area contributed by atoms with Crippen LogP contribution in [0.15, 0.2) is 53.0 Å². The van der Waals surface area contributed by atoms with Gasteiger partial charge in [-0.05, 0) is 33.6 Å². The van der Waals surface area contributed by atoms with Gasteiger partial charge in [0, 0.05) is 0 Å². The second kappa shape index (κ2) is 6.52. The maximum absolute atomic E-state index is 14.0. The standard InChI is InChI=1S/C15H13BrFNO2/c16-11-7-4-8-12(15(11)17)18-13(9-14(19)20)10-5-2-1-3-6-10/h1-8,13,18H,9H2,(H,19,20). The molecule has 0 spiro atoms. The molecule has 0 aromatic heterocycles. The number of nitrogens with one attached hydrogen (secondary N) is 1. The first-order valence-corrected chi connectivity index (χ1v) is 6.84. The van der Waals surface area contributed by atoms with Crippen LogP contribution in [0.1, 0.15) is 18.0 Å². The molecule has 0 aliphatic carbocycles. The highest BCUT2D eigenvalue weighted by molar-refractivity contribution is 9.10. The Hall–Kier alpha value is -1.88. The van der Waals surface area contributed by atoms with Crippen LogP contribution in [0.4, 0.5) is 10.1 Å². The number of anilines is 1. The summed E-state index contributed by atoms with van der Waals surface area (Å²) >= 11 is 3.11. The van der Waals surface area contributed by atoms with E-state index in [1.54, 1.807) is 18.2 Å². The zero-order valence-corrected chi connectivity index (χ0v) is 12.1. The third-order valence-electron chi connectivity index (χ3n) is 2.86. The van der Waals surface area contributed by atoms with Crippen LogP contribution in [0.3, 0.4) is 0 Å². The fourth-order valence-corrected chi connectivity index (χ4v) is 2.28. The Balaban J connectivity index is 2.29. The molecule has 1 unspecified atom stereocenters. The molecule has 0 radical (unpaired) electrons. The van der Waals surface area contributed by atoms with Gasteiger partial charge in [0.05, 0.1) is 22.6 Å². The number of carboxylic acid groups (broad SMARTS) is 1. The van der Waals surface area contributed by atoms with Crippen molar-refractivity contribution in [3.05, 3.63) is 64.4 Å². The molecule has 0 saturated carbocycles. The third-order valence-corrected chi connectivity index (χ3v) is 3.47. The molecule has 2 N–H and O–H groups in total. The Bertz CT molecular complexity index is 604. The zero-order chi connectivity index (χ0) is 14.5. The molecule has 0 fully saturated rings. The summed E-state index contributed by atoms with van der Waals surface area (Å²) in [5.74, 6) is -1.37. The largest absolute Gasteiger partial charge is 0.481 e. The predicted molar refractivity (Wildman–Crippen MR) is 79.2 cm³/mol. The highest BCUT2D eigenvalue weighted by atomic mass is 79.9. The molecule has 1 atom stereocenters. The van der Waals surface area contributed by atoms with Gasteiger partial charge in [0.15, 0.2) is 5.82 Å². The van der Waals surface area contributed by atoms with Crippen LogP contribution < -0.4 is 5.32 Å². The van der Waals surface area contributed by atoms with Gasteiger partial charge in [-0.2, -0.15) is 0 Å². The second-order valence-electron chi connectivity index (χ2n) is 4.31. The first-order chi connectivity index (χ1) is 9.58. The number of carboxylic acids is 1. The van der Waals surface area contributed by atoms with E-state index in [1.807, 2.05) is 30.3 Å². The number of hydrogen-bond donors (Lipinski definition) is 2. The Morgan fingerprint density at radius 1 is 1.20 bits per heavy atom. The highest BCUT2D eigenvalue weighted by Gasteiger charge is 2.17. The topological polar surface area (TPSA) is 49.3 Å². The average molecular weight is 338 g/mol. The van der Waals surface area contributed by atoms with Crippen molar-refractivity contribution in [3.63, 3.8) is 0 Å². The smallest absolute Gasteiger partial charge is 0.305 e. The molecule has 0 aliphatic heterocycles. The van der Waals surface area contributed by atoms with Crippen molar-refractivity contribution in [2.24, 2.45) is 0 Å². The Labute approximate surface area is 124 Å². The Morgan fingerprint density at radius 3 is 2.55 bits per heavy atom. The maximum Gasteiger partial charge on any atom is 0.305 e. The molecule has 2 aromatic carbocycles. The number of carbonyl (C=O) groups is 1. The van der Waals surface area contributed by atoms with Crippen molar-refractivity contribution in [1.82, 2.24) is 0 Å². The molecule has 5 heteroatoms. The van der Waals surface area contributed by atoms with Crippen LogP contribution >= 0.6 is 15.9 Å². The fraction of sp³-hybridized carbons (Fsp3) is 0.133. The summed E-state index contributed by atoms with van der Waals surface area (Å²) in [6.07, 6.45) is -0.129. The monoisotopic (exact) mass is 337 g/mol. The van der Waals surface area contributed by atoms with Crippen molar-refractivity contribution in [1.29, 1.82) is 0 Å². The van der Waals surface area contributed by atoms with E-state index in [0.29, 0.717) is 4.47 Å². The van der Waals surface area contributed by atoms with Gasteiger partial charge in [-0.25, -0.2) is 4.39 Å². The van der Waals surface area contributed by atoms with Crippen LogP contribution in [-0.2, 0) is 4.79 Å². The number of hydrogen-bond acceptors (Lipinski definition) is 2. The van der Waals surface area contributed by atoms with E-state index in [4.69, 9.17) is 5.11 Å². The summed E-state index contributed by atoms with van der Waals surface area (Å²) in [5.41, 5.74) is 1.07. The van der Waals surface area contributed by atoms with E-state index >= 15 is 0 Å². The molecule has 2 rings (SSSR count). The summed E-state index contributed by atoms with van der Waals surface area (Å²) in [6, 6.07) is 13.5. The van der Waals surface area contributed by atoms with Gasteiger partial charge in [-0.1, -0.05) is 36.4 Å². The predicted octanol–water partition coefficient (Wildman–Crippen LogP) is 4.22. The van der Waals surface area contributed by atoms with E-state index in [9.17, 15) is 9.18 Å². The quantitative estimate of drug-likeness (QED) is 0.858. The molecule has 0 saturated heterocycles. The van der Waals surface area contributed by atoms with Crippen LogP contribution in [-0.4, -0.2) is 11.1 Å². The average Bonchev–Trinajstić information content (AvgIpc) is 2.43. The second-order valence-corrected chi connectivity index (χ2v) is 5.16. The van der Waals surface area contributed by atoms with Gasteiger partial charge in [-0.3, -0.25) is 4.79 Å². The van der Waals surface area contributed by atoms with Crippen molar-refractivity contribution < 1.29 is 14.3 Å². The maximum atomic E-state index is 14.0. The zero-order valence-electron chi connectivity index (χ0n) is 10.5. The summed E-state index contributed by atoms with van der Waals surface area (Å²) in [4.78, 5) is 11.0. The number of benzene rings is 2. The lowest BCUT2D eigenvalue weighted by Gasteiger charge is -2.19. The number of halogens is 2. The van der Waals surface area contributed by atoms with Crippen LogP contribution in [0, 0.1) is 5.82 Å². The van der Waals surface area contributed by atoms with Gasteiger partial charge in [0.2, 0.25) is 0 Å². The van der Waals surface area contributed by atoms with Crippen LogP contribution in [0.5, 0.6) is 0 Å². The highest BCUT2D eigenvalue weighted by Crippen LogP contribution is 2.28. The first-order valence-electron chi connectivity index (χ1n) is 6.05. The molecular weight excluding hydrogens is 325 g/mol. The minimum Gasteiger partial charge on any atom is -0.481 e. The molecule has 0 amide bonds. The summed E-state index contributed by atoms with van der Waals surface area (Å²) in [7, 11) is 0. The van der Waals surface area contributed by atoms with Gasteiger partial charge < -0.3 is 10.4 Å². The Morgan fingerprint density at radius 2 is 1.90 bits per heavy atom. The first kappa shape index (κ1) is 14.5. The molecule has 0 heterocycles. The lowest BCUT2D eigenvalue weighted by molar-refractivity contribution is -0.137. The normalized spacial score (nSPS) is 11.9. The third kappa shape index (κ3) is 3.57. The fourth-order valence-electron chi connectivity index (χ4n) is 1.92. The van der Waals surface area contributed by atoms with Crippen molar-refractivity contribution in [2.75, 3.05) is 5.32 Å². The van der Waals surface area contributed by atoms with E-state index in [-0.39, 0.29) is 12.1 Å². The lowest BCUT2D eigenvalue weighted by Crippen LogP contribution is -2.16. The summed E-state index contributed by atoms with van der Waals surface area (Å²) < 4.78 is 14.3. The van der Waals surface area contributed by atoms with E-state index < -0.39 is 17.8 Å². The van der Waals surface area contributed by atoms with E-state index in [1.165, 1.54) is 0 Å². The molecule has 2 aromatic rings. The van der Waals surface area contributed by atoms with E-state index in [0.717, 1.165) is 5.56 Å². The molecule has 0 aliphatic rings. The van der Waals surface area contributed by atoms with Crippen LogP contribution in [0.25, 0.3) is 0 Å². The minimum atomic E-state index is -0.943. The van der Waals surface area contributed by atoms with Crippen molar-refractivity contribution in [2.45, 2.75) is 12.5 Å². The minimum absolute atomic E-state index is 0.129. The van der Waals surface area contributed by atoms with Gasteiger partial charge in [0.25, 0.3) is 0 Å². The SMILES string of the molecule is O=C(O)CC(Nc1cccc(Br)c1F)c1ccccc1. The Kier molecular flexibility index (Phi) is 4.74. The molecule has 0 bridgehead atoms. The number of rotatable bonds is 5. The van der Waals surface area contributed by atoms with Gasteiger partial charge in [0.1, 0.15) is 0 Å². The molecule has 104 valence electrons. The number of aliphatic carboxylic acids is 1. The summed E-state index contributed by atoms with van der Waals surface area (Å²) in [6.45, 7) is 0. The van der Waals surface area contributed by atoms with E-state index in [2.05, 4.69) is 21.2 Å². The van der Waals surface area contributed by atoms with Crippen molar-refractivity contribution >= 4 is 27.6 Å². The van der Waals surface area contributed by atoms with Gasteiger partial charge in [-0.15, -0.1) is 0 Å². The summed E-state index contributed by atoms with van der Waals surface area (Å²) in [5, 5.41) is 12.0. The molecular formula is C15H13BrFNO2. The molecule has 20 heavy (non-hydrogen) atoms. The van der Waals surface area contributed by atoms with Crippen molar-refractivity contribution in [3.8, 4) is 0 Å².